The molecule has 0 aliphatic carbocycles. The van der Waals surface area contributed by atoms with Gasteiger partial charge in [-0.3, -0.25) is 0 Å². The Labute approximate surface area is 105 Å². The van der Waals surface area contributed by atoms with E-state index in [0.29, 0.717) is 15.6 Å². The number of nitrogens with two attached hydrogens (primary N) is 1. The van der Waals surface area contributed by atoms with Gasteiger partial charge in [0.1, 0.15) is 9.73 Å². The van der Waals surface area contributed by atoms with Crippen molar-refractivity contribution in [3.63, 3.8) is 0 Å². The average Bonchev–Trinajstić information content (AvgIpc) is 2.33. The molecule has 1 atom stereocenters. The molecule has 0 radical (unpaired) electrons. The first-order valence-corrected chi connectivity index (χ1v) is 6.84. The third kappa shape index (κ3) is 2.28. The summed E-state index contributed by atoms with van der Waals surface area (Å²) in [4.78, 5) is 0.685. The first-order chi connectivity index (χ1) is 8.01. The van der Waals surface area contributed by atoms with Crippen LogP contribution < -0.4 is 5.73 Å². The molecule has 0 spiro atoms. The molecule has 5 heteroatoms. The van der Waals surface area contributed by atoms with Gasteiger partial charge < -0.3 is 5.73 Å². The van der Waals surface area contributed by atoms with Gasteiger partial charge in [-0.15, -0.1) is 0 Å². The Balaban J connectivity index is 2.64. The highest BCUT2D eigenvalue weighted by molar-refractivity contribution is 7.92. The van der Waals surface area contributed by atoms with E-state index in [1.165, 1.54) is 6.07 Å². The summed E-state index contributed by atoms with van der Waals surface area (Å²) in [5.74, 6) is 0. The Hall–Kier alpha value is -1.52. The Kier molecular flexibility index (Phi) is 3.09. The lowest BCUT2D eigenvalue weighted by Gasteiger charge is -2.10. The van der Waals surface area contributed by atoms with Crippen LogP contribution >= 0.6 is 11.6 Å². The van der Waals surface area contributed by atoms with Crippen LogP contribution in [0.3, 0.4) is 0 Å². The molecule has 0 aliphatic heterocycles. The van der Waals surface area contributed by atoms with Crippen molar-refractivity contribution in [3.05, 3.63) is 53.6 Å². The summed E-state index contributed by atoms with van der Waals surface area (Å²) in [6.45, 7) is 0. The van der Waals surface area contributed by atoms with E-state index >= 15 is 0 Å². The summed E-state index contributed by atoms with van der Waals surface area (Å²) in [5, 5.41) is 0.421. The molecule has 2 rings (SSSR count). The van der Waals surface area contributed by atoms with Gasteiger partial charge in [0.05, 0.1) is 9.79 Å². The van der Waals surface area contributed by atoms with Crippen LogP contribution in [0, 0.1) is 4.78 Å². The second-order valence-electron chi connectivity index (χ2n) is 3.55. The van der Waals surface area contributed by atoms with E-state index in [9.17, 15) is 4.21 Å². The summed E-state index contributed by atoms with van der Waals surface area (Å²) < 4.78 is 20.5. The van der Waals surface area contributed by atoms with Crippen LogP contribution in [0.15, 0.2) is 58.3 Å². The molecule has 0 heterocycles. The van der Waals surface area contributed by atoms with Crippen molar-refractivity contribution < 1.29 is 4.21 Å². The van der Waals surface area contributed by atoms with Crippen molar-refractivity contribution in [2.24, 2.45) is 0 Å². The minimum atomic E-state index is -3.10. The molecular weight excluding hydrogens is 256 g/mol. The van der Waals surface area contributed by atoms with Gasteiger partial charge in [-0.25, -0.2) is 8.99 Å². The van der Waals surface area contributed by atoms with E-state index in [4.69, 9.17) is 22.1 Å². The lowest BCUT2D eigenvalue weighted by Crippen LogP contribution is -2.03. The quantitative estimate of drug-likeness (QED) is 0.818. The largest absolute Gasteiger partial charge is 0.398 e. The topological polar surface area (TPSA) is 66.9 Å². The van der Waals surface area contributed by atoms with Crippen LogP contribution in [0.25, 0.3) is 0 Å². The van der Waals surface area contributed by atoms with Gasteiger partial charge in [0.15, 0.2) is 0 Å². The molecule has 0 aliphatic rings. The van der Waals surface area contributed by atoms with Crippen molar-refractivity contribution in [2.45, 2.75) is 9.79 Å². The maximum Gasteiger partial charge on any atom is 0.103 e. The molecule has 3 N–H and O–H groups in total. The van der Waals surface area contributed by atoms with E-state index in [1.54, 1.807) is 42.5 Å². The molecule has 0 amide bonds. The number of nitrogen functional groups attached to an aromatic ring is 1. The Morgan fingerprint density at radius 1 is 1.12 bits per heavy atom. The Morgan fingerprint density at radius 2 is 1.76 bits per heavy atom. The van der Waals surface area contributed by atoms with Crippen molar-refractivity contribution in [2.75, 3.05) is 5.73 Å². The zero-order valence-corrected chi connectivity index (χ0v) is 10.5. The standard InChI is InChI=1S/C12H11ClN2OS/c13-9-6-7-11(14)12(8-9)17(15,16)10-4-2-1-3-5-10/h1-8,15H,14H2. The molecule has 0 saturated heterocycles. The van der Waals surface area contributed by atoms with Gasteiger partial charge in [-0.2, -0.15) is 0 Å². The number of benzene rings is 2. The molecule has 0 fully saturated rings. The van der Waals surface area contributed by atoms with Gasteiger partial charge in [-0.1, -0.05) is 29.8 Å². The molecule has 88 valence electrons. The van der Waals surface area contributed by atoms with E-state index in [1.807, 2.05) is 0 Å². The molecule has 0 aromatic heterocycles. The third-order valence-corrected chi connectivity index (χ3v) is 4.50. The number of hydrogen-bond donors (Lipinski definition) is 2. The van der Waals surface area contributed by atoms with Crippen molar-refractivity contribution in [3.8, 4) is 0 Å². The van der Waals surface area contributed by atoms with Crippen LogP contribution in [-0.2, 0) is 9.73 Å². The fourth-order valence-corrected chi connectivity index (χ4v) is 3.22. The third-order valence-electron chi connectivity index (χ3n) is 2.36. The second-order valence-corrected chi connectivity index (χ2v) is 6.01. The minimum Gasteiger partial charge on any atom is -0.398 e. The van der Waals surface area contributed by atoms with E-state index < -0.39 is 9.73 Å². The van der Waals surface area contributed by atoms with E-state index in [-0.39, 0.29) is 4.90 Å². The highest BCUT2D eigenvalue weighted by Gasteiger charge is 2.16. The van der Waals surface area contributed by atoms with Crippen molar-refractivity contribution >= 4 is 27.0 Å². The van der Waals surface area contributed by atoms with Gasteiger partial charge in [-0.05, 0) is 30.3 Å². The minimum absolute atomic E-state index is 0.260. The lowest BCUT2D eigenvalue weighted by molar-refractivity contribution is 0.675. The predicted molar refractivity (Wildman–Crippen MR) is 69.7 cm³/mol. The number of halogens is 1. The van der Waals surface area contributed by atoms with Crippen LogP contribution in [0.2, 0.25) is 5.02 Å². The number of rotatable bonds is 2. The van der Waals surface area contributed by atoms with Crippen LogP contribution in [0.4, 0.5) is 5.69 Å². The zero-order valence-electron chi connectivity index (χ0n) is 8.89. The number of nitrogens with one attached hydrogen (secondary N) is 1. The van der Waals surface area contributed by atoms with E-state index in [0.717, 1.165) is 0 Å². The van der Waals surface area contributed by atoms with Gasteiger partial charge in [0.2, 0.25) is 0 Å². The monoisotopic (exact) mass is 266 g/mol. The number of anilines is 1. The molecular formula is C12H11ClN2OS. The van der Waals surface area contributed by atoms with Crippen molar-refractivity contribution in [1.29, 1.82) is 4.78 Å². The van der Waals surface area contributed by atoms with Gasteiger partial charge in [0.25, 0.3) is 0 Å². The van der Waals surface area contributed by atoms with Crippen LogP contribution in [0.5, 0.6) is 0 Å². The molecule has 0 bridgehead atoms. The van der Waals surface area contributed by atoms with Gasteiger partial charge in [0, 0.05) is 10.7 Å². The normalized spacial score (nSPS) is 14.2. The Morgan fingerprint density at radius 3 is 2.41 bits per heavy atom. The van der Waals surface area contributed by atoms with Gasteiger partial charge >= 0.3 is 0 Å². The fourth-order valence-electron chi connectivity index (χ4n) is 1.50. The molecule has 17 heavy (non-hydrogen) atoms. The summed E-state index contributed by atoms with van der Waals surface area (Å²) in [6, 6.07) is 13.2. The predicted octanol–water partition coefficient (Wildman–Crippen LogP) is 3.39. The molecule has 3 nitrogen and oxygen atoms in total. The highest BCUT2D eigenvalue weighted by Crippen LogP contribution is 2.28. The van der Waals surface area contributed by atoms with Crippen molar-refractivity contribution in [1.82, 2.24) is 0 Å². The maximum absolute atomic E-state index is 12.5. The first kappa shape index (κ1) is 12.0. The molecule has 1 unspecified atom stereocenters. The van der Waals surface area contributed by atoms with Crippen LogP contribution in [0.1, 0.15) is 0 Å². The molecule has 2 aromatic carbocycles. The lowest BCUT2D eigenvalue weighted by atomic mass is 10.3. The van der Waals surface area contributed by atoms with Crippen LogP contribution in [-0.4, -0.2) is 4.21 Å². The first-order valence-electron chi connectivity index (χ1n) is 4.91. The summed E-state index contributed by atoms with van der Waals surface area (Å²) in [6.07, 6.45) is 0. The average molecular weight is 267 g/mol. The summed E-state index contributed by atoms with van der Waals surface area (Å²) >= 11 is 5.85. The molecule has 2 aromatic rings. The van der Waals surface area contributed by atoms with E-state index in [2.05, 4.69) is 0 Å². The second kappa shape index (κ2) is 4.39. The Bertz CT molecular complexity index is 639. The zero-order chi connectivity index (χ0) is 12.5. The molecule has 0 saturated carbocycles. The smallest absolute Gasteiger partial charge is 0.103 e. The summed E-state index contributed by atoms with van der Waals surface area (Å²) in [5.41, 5.74) is 6.07. The summed E-state index contributed by atoms with van der Waals surface area (Å²) in [7, 11) is -3.10. The fraction of sp³-hybridized carbons (Fsp3) is 0. The SMILES string of the molecule is N=S(=O)(c1ccccc1)c1cc(Cl)ccc1N. The number of hydrogen-bond acceptors (Lipinski definition) is 3. The highest BCUT2D eigenvalue weighted by atomic mass is 35.5. The maximum atomic E-state index is 12.5.